The molecule has 0 radical (unpaired) electrons. The van der Waals surface area contributed by atoms with Gasteiger partial charge >= 0.3 is 0 Å². The third kappa shape index (κ3) is 2.66. The monoisotopic (exact) mass is 313 g/mol. The van der Waals surface area contributed by atoms with Crippen molar-refractivity contribution in [3.05, 3.63) is 29.8 Å². The number of imide groups is 1. The number of nitrogens with zero attached hydrogens (tertiary/aromatic N) is 3. The molecule has 0 N–H and O–H groups in total. The van der Waals surface area contributed by atoms with E-state index in [0.717, 1.165) is 41.8 Å². The number of rotatable bonds is 3. The van der Waals surface area contributed by atoms with Crippen LogP contribution in [0.3, 0.4) is 0 Å². The summed E-state index contributed by atoms with van der Waals surface area (Å²) in [5.41, 5.74) is 1.14. The molecule has 0 unspecified atom stereocenters. The second-order valence-corrected chi connectivity index (χ2v) is 6.16. The van der Waals surface area contributed by atoms with Gasteiger partial charge in [-0.2, -0.15) is 4.99 Å². The minimum absolute atomic E-state index is 0.153. The normalized spacial score (nSPS) is 20.6. The van der Waals surface area contributed by atoms with Crippen molar-refractivity contribution in [2.75, 3.05) is 25.0 Å². The zero-order valence-corrected chi connectivity index (χ0v) is 13.1. The van der Waals surface area contributed by atoms with Gasteiger partial charge in [-0.25, -0.2) is 4.79 Å². The topological polar surface area (TPSA) is 70.1 Å². The van der Waals surface area contributed by atoms with Crippen LogP contribution in [-0.4, -0.2) is 42.9 Å². The summed E-state index contributed by atoms with van der Waals surface area (Å²) in [5, 5.41) is 0. The van der Waals surface area contributed by atoms with Gasteiger partial charge < -0.3 is 4.90 Å². The highest BCUT2D eigenvalue weighted by molar-refractivity contribution is 6.02. The van der Waals surface area contributed by atoms with E-state index in [0.29, 0.717) is 0 Å². The van der Waals surface area contributed by atoms with E-state index in [2.05, 4.69) is 4.99 Å². The van der Waals surface area contributed by atoms with E-state index in [1.807, 2.05) is 24.3 Å². The molecule has 0 aromatic heterocycles. The highest BCUT2D eigenvalue weighted by Gasteiger charge is 2.39. The first-order chi connectivity index (χ1) is 11.1. The molecule has 23 heavy (non-hydrogen) atoms. The Morgan fingerprint density at radius 1 is 1.09 bits per heavy atom. The summed E-state index contributed by atoms with van der Waals surface area (Å²) in [6.45, 7) is 0.306. The molecule has 2 aliphatic rings. The molecule has 6 nitrogen and oxygen atoms in total. The smallest absolute Gasteiger partial charge is 0.248 e. The zero-order chi connectivity index (χ0) is 16.4. The molecule has 0 bridgehead atoms. The fourth-order valence-corrected chi connectivity index (χ4v) is 3.54. The Kier molecular flexibility index (Phi) is 4.01. The lowest BCUT2D eigenvalue weighted by atomic mass is 9.87. The lowest BCUT2D eigenvalue weighted by molar-refractivity contribution is -0.143. The van der Waals surface area contributed by atoms with Crippen LogP contribution < -0.4 is 4.90 Å². The van der Waals surface area contributed by atoms with Crippen LogP contribution in [0.15, 0.2) is 29.3 Å². The molecule has 120 valence electrons. The number of hydrogen-bond donors (Lipinski definition) is 0. The molecule has 1 heterocycles. The third-order valence-electron chi connectivity index (χ3n) is 4.84. The Hall–Kier alpha value is -2.46. The van der Waals surface area contributed by atoms with E-state index in [9.17, 15) is 14.4 Å². The minimum Gasteiger partial charge on any atom is -0.353 e. The fourth-order valence-electron chi connectivity index (χ4n) is 3.54. The number of carbonyl (C=O) groups is 2. The van der Waals surface area contributed by atoms with Crippen molar-refractivity contribution in [1.82, 2.24) is 4.90 Å². The number of hydrogen-bond acceptors (Lipinski definition) is 5. The van der Waals surface area contributed by atoms with E-state index in [1.165, 1.54) is 7.05 Å². The van der Waals surface area contributed by atoms with Gasteiger partial charge in [0.15, 0.2) is 0 Å². The Morgan fingerprint density at radius 2 is 1.70 bits per heavy atom. The lowest BCUT2D eigenvalue weighted by Crippen LogP contribution is -2.52. The van der Waals surface area contributed by atoms with Gasteiger partial charge in [-0.15, -0.1) is 0 Å². The van der Waals surface area contributed by atoms with Gasteiger partial charge in [0.05, 0.1) is 13.1 Å². The number of carbonyl (C=O) groups excluding carboxylic acids is 3. The van der Waals surface area contributed by atoms with Gasteiger partial charge in [-0.05, 0) is 18.9 Å². The van der Waals surface area contributed by atoms with Crippen LogP contribution in [0.2, 0.25) is 0 Å². The summed E-state index contributed by atoms with van der Waals surface area (Å²) >= 11 is 0. The van der Waals surface area contributed by atoms with Crippen molar-refractivity contribution in [3.63, 3.8) is 0 Å². The largest absolute Gasteiger partial charge is 0.353 e. The molecular weight excluding hydrogens is 294 g/mol. The molecule has 2 amide bonds. The van der Waals surface area contributed by atoms with E-state index in [1.54, 1.807) is 11.0 Å². The van der Waals surface area contributed by atoms with Crippen molar-refractivity contribution in [2.24, 2.45) is 4.99 Å². The number of aliphatic imine (C=N–C) groups is 1. The Morgan fingerprint density at radius 3 is 2.30 bits per heavy atom. The average Bonchev–Trinajstić information content (AvgIpc) is 3.02. The van der Waals surface area contributed by atoms with Crippen LogP contribution in [0.4, 0.5) is 5.69 Å². The molecule has 1 saturated heterocycles. The number of benzene rings is 1. The number of likely N-dealkylation sites (N-methyl/N-ethyl adjacent to an activating group) is 1. The van der Waals surface area contributed by atoms with Crippen molar-refractivity contribution < 1.29 is 14.4 Å². The fraction of sp³-hybridized carbons (Fsp3) is 0.471. The quantitative estimate of drug-likeness (QED) is 0.483. The number of para-hydroxylation sites is 1. The van der Waals surface area contributed by atoms with Gasteiger partial charge in [0.25, 0.3) is 0 Å². The SMILES string of the molecule is CN1C(=O)CN(c2ccccc2C2(N=C=O)CCCC2)CC1=O. The van der Waals surface area contributed by atoms with Crippen LogP contribution in [0, 0.1) is 0 Å². The van der Waals surface area contributed by atoms with E-state index in [-0.39, 0.29) is 24.9 Å². The molecule has 6 heteroatoms. The standard InChI is InChI=1S/C17H19N3O3/c1-19-15(22)10-20(11-16(19)23)14-7-3-2-6-13(14)17(18-12-21)8-4-5-9-17/h2-3,6-7H,4-5,8-11H2,1H3. The highest BCUT2D eigenvalue weighted by Crippen LogP contribution is 2.45. The Balaban J connectivity index is 2.03. The van der Waals surface area contributed by atoms with Crippen molar-refractivity contribution in [1.29, 1.82) is 0 Å². The Bertz CT molecular complexity index is 670. The maximum atomic E-state index is 12.0. The summed E-state index contributed by atoms with van der Waals surface area (Å²) in [6.07, 6.45) is 5.29. The molecule has 1 aliphatic heterocycles. The predicted molar refractivity (Wildman–Crippen MR) is 84.7 cm³/mol. The van der Waals surface area contributed by atoms with Crippen molar-refractivity contribution >= 4 is 23.6 Å². The minimum atomic E-state index is -0.576. The summed E-state index contributed by atoms with van der Waals surface area (Å²) in [4.78, 5) is 42.0. The first kappa shape index (κ1) is 15.4. The second-order valence-electron chi connectivity index (χ2n) is 6.16. The molecule has 0 atom stereocenters. The third-order valence-corrected chi connectivity index (χ3v) is 4.84. The molecule has 1 aliphatic carbocycles. The van der Waals surface area contributed by atoms with Crippen LogP contribution in [-0.2, 0) is 19.9 Å². The summed E-state index contributed by atoms with van der Waals surface area (Å²) < 4.78 is 0. The molecular formula is C17H19N3O3. The highest BCUT2D eigenvalue weighted by atomic mass is 16.2. The number of isocyanates is 1. The van der Waals surface area contributed by atoms with Crippen LogP contribution >= 0.6 is 0 Å². The van der Waals surface area contributed by atoms with E-state index in [4.69, 9.17) is 0 Å². The summed E-state index contributed by atoms with van der Waals surface area (Å²) in [5.74, 6) is -0.453. The van der Waals surface area contributed by atoms with Gasteiger partial charge in [-0.3, -0.25) is 14.5 Å². The summed E-state index contributed by atoms with van der Waals surface area (Å²) in [7, 11) is 1.50. The van der Waals surface area contributed by atoms with Gasteiger partial charge in [0, 0.05) is 18.3 Å². The molecule has 3 rings (SSSR count). The molecule has 1 saturated carbocycles. The van der Waals surface area contributed by atoms with Crippen LogP contribution in [0.1, 0.15) is 31.2 Å². The van der Waals surface area contributed by atoms with Gasteiger partial charge in [0.2, 0.25) is 17.9 Å². The molecule has 1 aromatic carbocycles. The van der Waals surface area contributed by atoms with Crippen molar-refractivity contribution in [3.8, 4) is 0 Å². The number of anilines is 1. The van der Waals surface area contributed by atoms with E-state index < -0.39 is 5.54 Å². The van der Waals surface area contributed by atoms with Gasteiger partial charge in [-0.1, -0.05) is 31.0 Å². The van der Waals surface area contributed by atoms with Gasteiger partial charge in [0.1, 0.15) is 5.54 Å². The van der Waals surface area contributed by atoms with Crippen LogP contribution in [0.5, 0.6) is 0 Å². The first-order valence-corrected chi connectivity index (χ1v) is 7.80. The lowest BCUT2D eigenvalue weighted by Gasteiger charge is -2.35. The number of piperazine rings is 1. The second kappa shape index (κ2) is 5.97. The van der Waals surface area contributed by atoms with Crippen LogP contribution in [0.25, 0.3) is 0 Å². The first-order valence-electron chi connectivity index (χ1n) is 7.80. The average molecular weight is 313 g/mol. The zero-order valence-electron chi connectivity index (χ0n) is 13.1. The molecule has 0 spiro atoms. The maximum Gasteiger partial charge on any atom is 0.248 e. The maximum absolute atomic E-state index is 12.0. The molecule has 2 fully saturated rings. The molecule has 1 aromatic rings. The van der Waals surface area contributed by atoms with E-state index >= 15 is 0 Å². The summed E-state index contributed by atoms with van der Waals surface area (Å²) in [6, 6.07) is 7.61. The Labute approximate surface area is 134 Å². The number of amides is 2. The predicted octanol–water partition coefficient (Wildman–Crippen LogP) is 1.60. The van der Waals surface area contributed by atoms with Crippen molar-refractivity contribution in [2.45, 2.75) is 31.2 Å².